The fourth-order valence-electron chi connectivity index (χ4n) is 0.986. The van der Waals surface area contributed by atoms with Gasteiger partial charge in [0.15, 0.2) is 0 Å². The molecule has 1 aromatic rings. The number of rotatable bonds is 3. The molecule has 15 heavy (non-hydrogen) atoms. The molecule has 7 heteroatoms. The van der Waals surface area contributed by atoms with Gasteiger partial charge < -0.3 is 18.7 Å². The van der Waals surface area contributed by atoms with Gasteiger partial charge in [-0.2, -0.15) is 0 Å². The van der Waals surface area contributed by atoms with Gasteiger partial charge in [0, 0.05) is 12.7 Å². The van der Waals surface area contributed by atoms with Crippen LogP contribution in [-0.4, -0.2) is 12.0 Å². The van der Waals surface area contributed by atoms with E-state index in [2.05, 4.69) is 4.98 Å². The molecule has 2 N–H and O–H groups in total. The van der Waals surface area contributed by atoms with E-state index in [1.807, 2.05) is 0 Å². The summed E-state index contributed by atoms with van der Waals surface area (Å²) in [5, 5.41) is 0. The largest absolute Gasteiger partial charge is 1.00 e. The van der Waals surface area contributed by atoms with E-state index in [1.165, 1.54) is 6.20 Å². The van der Waals surface area contributed by atoms with Gasteiger partial charge in [0.05, 0.1) is 5.69 Å². The predicted molar refractivity (Wildman–Crippen MR) is 50.2 cm³/mol. The van der Waals surface area contributed by atoms with Crippen molar-refractivity contribution < 1.29 is 64.3 Å². The van der Waals surface area contributed by atoms with Gasteiger partial charge in [0.1, 0.15) is 0 Å². The molecule has 0 atom stereocenters. The normalized spacial score (nSPS) is 11.5. The molecule has 0 amide bonds. The van der Waals surface area contributed by atoms with Gasteiger partial charge in [-0.25, -0.2) is 0 Å². The van der Waals surface area contributed by atoms with Crippen LogP contribution in [0.15, 0.2) is 24.3 Å². The summed E-state index contributed by atoms with van der Waals surface area (Å²) in [6.07, 6.45) is 2.49. The van der Waals surface area contributed by atoms with Crippen molar-refractivity contribution in [2.75, 3.05) is 0 Å². The molecular weight excluding hydrogens is 231 g/mol. The Balaban J connectivity index is 0.00000196. The molecule has 0 aliphatic carbocycles. The third-order valence-electron chi connectivity index (χ3n) is 1.61. The topological polar surface area (TPSA) is 38.9 Å². The van der Waals surface area contributed by atoms with E-state index in [0.29, 0.717) is 11.3 Å². The van der Waals surface area contributed by atoms with Gasteiger partial charge >= 0.3 is 58.4 Å². The summed E-state index contributed by atoms with van der Waals surface area (Å²) >= 11 is 0. The van der Waals surface area contributed by atoms with E-state index in [4.69, 9.17) is 5.73 Å². The number of hydrogen-bond donors (Lipinski definition) is 1. The van der Waals surface area contributed by atoms with Crippen LogP contribution in [0.3, 0.4) is 0 Å². The molecule has 0 saturated heterocycles. The van der Waals surface area contributed by atoms with Gasteiger partial charge in [0.2, 0.25) is 0 Å². The first-order chi connectivity index (χ1) is 6.53. The van der Waals surface area contributed by atoms with E-state index in [9.17, 15) is 12.9 Å². The van der Waals surface area contributed by atoms with Crippen LogP contribution < -0.4 is 57.1 Å². The number of nitrogens with two attached hydrogens (primary N) is 1. The van der Waals surface area contributed by atoms with Crippen LogP contribution in [0.5, 0.6) is 0 Å². The van der Waals surface area contributed by atoms with E-state index in [1.54, 1.807) is 12.1 Å². The van der Waals surface area contributed by atoms with Gasteiger partial charge in [-0.05, 0) is 11.6 Å². The summed E-state index contributed by atoms with van der Waals surface area (Å²) in [5.41, 5.74) is 6.19. The quantitative estimate of drug-likeness (QED) is 0.684. The SMILES string of the molecule is NCc1ncccc1/C=C/[B-](F)(F)F.[K+]. The summed E-state index contributed by atoms with van der Waals surface area (Å²) in [6, 6.07) is 3.12. The van der Waals surface area contributed by atoms with Gasteiger partial charge in [0.25, 0.3) is 0 Å². The summed E-state index contributed by atoms with van der Waals surface area (Å²) in [7, 11) is 0. The minimum atomic E-state index is -4.90. The molecular formula is C8H9BF3KN2. The Morgan fingerprint density at radius 1 is 1.40 bits per heavy atom. The summed E-state index contributed by atoms with van der Waals surface area (Å²) in [4.78, 5) is 3.86. The van der Waals surface area contributed by atoms with E-state index < -0.39 is 6.98 Å². The smallest absolute Gasteiger partial charge is 0.445 e. The van der Waals surface area contributed by atoms with Crippen LogP contribution in [0, 0.1) is 0 Å². The second-order valence-corrected chi connectivity index (χ2v) is 2.73. The van der Waals surface area contributed by atoms with Crippen LogP contribution >= 0.6 is 0 Å². The average Bonchev–Trinajstić information content (AvgIpc) is 2.14. The summed E-state index contributed by atoms with van der Waals surface area (Å²) in [6.45, 7) is -4.77. The Morgan fingerprint density at radius 2 is 2.07 bits per heavy atom. The Bertz CT molecular complexity index is 341. The number of nitrogens with zero attached hydrogens (tertiary/aromatic N) is 1. The molecule has 1 heterocycles. The predicted octanol–water partition coefficient (Wildman–Crippen LogP) is -1.06. The van der Waals surface area contributed by atoms with Crippen molar-refractivity contribution in [1.29, 1.82) is 0 Å². The maximum atomic E-state index is 11.9. The van der Waals surface area contributed by atoms with E-state index in [0.717, 1.165) is 6.08 Å². The molecule has 0 aliphatic heterocycles. The first kappa shape index (κ1) is 15.3. The molecule has 0 aliphatic rings. The monoisotopic (exact) mass is 240 g/mol. The minimum absolute atomic E-state index is 0. The fourth-order valence-corrected chi connectivity index (χ4v) is 0.986. The van der Waals surface area contributed by atoms with E-state index in [-0.39, 0.29) is 63.9 Å². The first-order valence-corrected chi connectivity index (χ1v) is 4.06. The van der Waals surface area contributed by atoms with Crippen molar-refractivity contribution in [3.05, 3.63) is 35.6 Å². The minimum Gasteiger partial charge on any atom is -0.445 e. The van der Waals surface area contributed by atoms with Crippen LogP contribution in [0.2, 0.25) is 0 Å². The molecule has 0 radical (unpaired) electrons. The van der Waals surface area contributed by atoms with Gasteiger partial charge in [-0.15, -0.1) is 5.98 Å². The number of pyridine rings is 1. The zero-order valence-corrected chi connectivity index (χ0v) is 11.5. The Kier molecular flexibility index (Phi) is 6.98. The van der Waals surface area contributed by atoms with Crippen molar-refractivity contribution in [2.24, 2.45) is 5.73 Å². The number of halogens is 3. The zero-order valence-electron chi connectivity index (χ0n) is 8.33. The molecule has 0 unspecified atom stereocenters. The molecule has 76 valence electrons. The molecule has 0 fully saturated rings. The maximum absolute atomic E-state index is 11.9. The van der Waals surface area contributed by atoms with E-state index >= 15 is 0 Å². The van der Waals surface area contributed by atoms with Crippen LogP contribution in [0.25, 0.3) is 6.08 Å². The standard InChI is InChI=1S/C8H9BF3N2.K/c10-9(11,12)4-3-7-2-1-5-14-8(7)6-13;/h1-5H,6,13H2;/q-1;+1/b4-3+;. The molecule has 0 aromatic carbocycles. The van der Waals surface area contributed by atoms with Crippen molar-refractivity contribution in [1.82, 2.24) is 4.98 Å². The van der Waals surface area contributed by atoms with Crippen molar-refractivity contribution in [3.63, 3.8) is 0 Å². The Hall–Kier alpha value is 0.341. The maximum Gasteiger partial charge on any atom is 1.00 e. The third-order valence-corrected chi connectivity index (χ3v) is 1.61. The Morgan fingerprint density at radius 3 is 2.60 bits per heavy atom. The van der Waals surface area contributed by atoms with Gasteiger partial charge in [-0.1, -0.05) is 12.1 Å². The van der Waals surface area contributed by atoms with Crippen LogP contribution in [0.1, 0.15) is 11.3 Å². The zero-order chi connectivity index (χ0) is 10.6. The molecule has 0 spiro atoms. The van der Waals surface area contributed by atoms with Crippen molar-refractivity contribution in [3.8, 4) is 0 Å². The second-order valence-electron chi connectivity index (χ2n) is 2.73. The van der Waals surface area contributed by atoms with Crippen LogP contribution in [0.4, 0.5) is 12.9 Å². The third kappa shape index (κ3) is 5.84. The second kappa shape index (κ2) is 6.82. The molecule has 1 rings (SSSR count). The van der Waals surface area contributed by atoms with Crippen molar-refractivity contribution >= 4 is 13.1 Å². The molecule has 1 aromatic heterocycles. The molecule has 0 bridgehead atoms. The van der Waals surface area contributed by atoms with Gasteiger partial charge in [-0.3, -0.25) is 4.98 Å². The first-order valence-electron chi connectivity index (χ1n) is 4.06. The average molecular weight is 240 g/mol. The summed E-state index contributed by atoms with van der Waals surface area (Å²) < 4.78 is 35.7. The number of aromatic nitrogens is 1. The fraction of sp³-hybridized carbons (Fsp3) is 0.125. The molecule has 2 nitrogen and oxygen atoms in total. The van der Waals surface area contributed by atoms with Crippen molar-refractivity contribution in [2.45, 2.75) is 6.54 Å². The molecule has 0 saturated carbocycles. The van der Waals surface area contributed by atoms with Crippen LogP contribution in [-0.2, 0) is 6.54 Å². The Labute approximate surface area is 129 Å². The number of hydrogen-bond acceptors (Lipinski definition) is 2. The summed E-state index contributed by atoms with van der Waals surface area (Å²) in [5.74, 6) is 0.232.